The summed E-state index contributed by atoms with van der Waals surface area (Å²) in [5.74, 6) is -1.29. The Bertz CT molecular complexity index is 1700. The van der Waals surface area contributed by atoms with Gasteiger partial charge in [-0.25, -0.2) is 9.59 Å². The van der Waals surface area contributed by atoms with E-state index in [1.54, 1.807) is 6.07 Å². The van der Waals surface area contributed by atoms with Gasteiger partial charge in [-0.1, -0.05) is 41.4 Å². The third-order valence-electron chi connectivity index (χ3n) is 6.31. The standard InChI is InChI=1S/C13H12ClNO3.C13H8ClNO3/c2*14-8-5-7(13(16)17)12-10(11(8)15)6-3-1-2-4-9(6)18-12/h5H,1-4,15H2,(H,16,17);1-5H,15H2,(H,16,17). The largest absolute Gasteiger partial charge is 0.478 e. The Morgan fingerprint density at radius 3 is 2.00 bits per heavy atom. The van der Waals surface area contributed by atoms with Crippen molar-refractivity contribution in [3.05, 3.63) is 68.9 Å². The van der Waals surface area contributed by atoms with E-state index in [9.17, 15) is 14.7 Å². The molecule has 0 unspecified atom stereocenters. The molecule has 6 rings (SSSR count). The number of hydrogen-bond acceptors (Lipinski definition) is 6. The lowest BCUT2D eigenvalue weighted by Crippen LogP contribution is -2.01. The van der Waals surface area contributed by atoms with Crippen LogP contribution in [-0.4, -0.2) is 22.2 Å². The summed E-state index contributed by atoms with van der Waals surface area (Å²) in [4.78, 5) is 22.4. The predicted octanol–water partition coefficient (Wildman–Crippen LogP) is 6.77. The summed E-state index contributed by atoms with van der Waals surface area (Å²) < 4.78 is 11.3. The maximum Gasteiger partial charge on any atom is 0.339 e. The quantitative estimate of drug-likeness (QED) is 0.184. The summed E-state index contributed by atoms with van der Waals surface area (Å²) in [7, 11) is 0. The van der Waals surface area contributed by atoms with Crippen molar-refractivity contribution < 1.29 is 28.6 Å². The first-order valence-corrected chi connectivity index (χ1v) is 11.8. The maximum atomic E-state index is 11.2. The lowest BCUT2D eigenvalue weighted by Gasteiger charge is -2.09. The molecule has 5 aromatic rings. The van der Waals surface area contributed by atoms with Crippen LogP contribution in [0, 0.1) is 0 Å². The average molecular weight is 527 g/mol. The number of carbonyl (C=O) groups is 2. The fourth-order valence-electron chi connectivity index (χ4n) is 4.64. The number of aromatic carboxylic acids is 2. The number of aryl methyl sites for hydroxylation is 2. The molecule has 10 heteroatoms. The van der Waals surface area contributed by atoms with Crippen LogP contribution in [0.15, 0.2) is 45.2 Å². The fourth-order valence-corrected chi connectivity index (χ4v) is 5.05. The number of benzene rings is 3. The molecule has 0 radical (unpaired) electrons. The van der Waals surface area contributed by atoms with E-state index in [2.05, 4.69) is 0 Å². The number of para-hydroxylation sites is 1. The molecule has 8 nitrogen and oxygen atoms in total. The van der Waals surface area contributed by atoms with Crippen LogP contribution in [0.2, 0.25) is 10.0 Å². The highest BCUT2D eigenvalue weighted by Crippen LogP contribution is 2.41. The Hall–Kier alpha value is -3.88. The van der Waals surface area contributed by atoms with E-state index in [0.29, 0.717) is 33.3 Å². The Balaban J connectivity index is 0.000000148. The molecule has 184 valence electrons. The summed E-state index contributed by atoms with van der Waals surface area (Å²) in [5.41, 5.74) is 15.0. The van der Waals surface area contributed by atoms with Gasteiger partial charge in [-0.15, -0.1) is 0 Å². The Labute approximate surface area is 214 Å². The monoisotopic (exact) mass is 526 g/mol. The minimum Gasteiger partial charge on any atom is -0.478 e. The number of carboxylic acids is 2. The van der Waals surface area contributed by atoms with Crippen LogP contribution in [0.4, 0.5) is 11.4 Å². The topological polar surface area (TPSA) is 153 Å². The van der Waals surface area contributed by atoms with Gasteiger partial charge < -0.3 is 30.5 Å². The smallest absolute Gasteiger partial charge is 0.339 e. The predicted molar refractivity (Wildman–Crippen MR) is 139 cm³/mol. The van der Waals surface area contributed by atoms with Crippen molar-refractivity contribution in [2.45, 2.75) is 25.7 Å². The number of nitrogens with two attached hydrogens (primary N) is 2. The molecular formula is C26H20Cl2N2O6. The number of hydrogen-bond donors (Lipinski definition) is 4. The van der Waals surface area contributed by atoms with Gasteiger partial charge in [-0.2, -0.15) is 0 Å². The van der Waals surface area contributed by atoms with Gasteiger partial charge in [0.2, 0.25) is 0 Å². The maximum absolute atomic E-state index is 11.2. The van der Waals surface area contributed by atoms with E-state index in [1.165, 1.54) is 12.1 Å². The van der Waals surface area contributed by atoms with Crippen molar-refractivity contribution in [2.24, 2.45) is 0 Å². The van der Waals surface area contributed by atoms with Crippen molar-refractivity contribution in [1.82, 2.24) is 0 Å². The van der Waals surface area contributed by atoms with E-state index in [-0.39, 0.29) is 26.8 Å². The third-order valence-corrected chi connectivity index (χ3v) is 6.94. The molecule has 0 fully saturated rings. The first-order chi connectivity index (χ1) is 17.2. The lowest BCUT2D eigenvalue weighted by atomic mass is 9.94. The van der Waals surface area contributed by atoms with Crippen LogP contribution in [-0.2, 0) is 12.8 Å². The highest BCUT2D eigenvalue weighted by Gasteiger charge is 2.25. The van der Waals surface area contributed by atoms with Crippen LogP contribution in [0.1, 0.15) is 44.9 Å². The van der Waals surface area contributed by atoms with Crippen LogP contribution in [0.3, 0.4) is 0 Å². The molecule has 36 heavy (non-hydrogen) atoms. The zero-order valence-electron chi connectivity index (χ0n) is 18.7. The van der Waals surface area contributed by atoms with Crippen LogP contribution >= 0.6 is 23.2 Å². The fraction of sp³-hybridized carbons (Fsp3) is 0.154. The average Bonchev–Trinajstić information content (AvgIpc) is 3.43. The minimum absolute atomic E-state index is 0.0143. The molecule has 0 spiro atoms. The second-order valence-corrected chi connectivity index (χ2v) is 9.28. The molecule has 6 N–H and O–H groups in total. The summed E-state index contributed by atoms with van der Waals surface area (Å²) in [5, 5.41) is 20.9. The first kappa shape index (κ1) is 23.8. The first-order valence-electron chi connectivity index (χ1n) is 11.1. The Morgan fingerprint density at radius 1 is 0.806 bits per heavy atom. The highest BCUT2D eigenvalue weighted by molar-refractivity contribution is 6.37. The van der Waals surface area contributed by atoms with Gasteiger partial charge in [0.1, 0.15) is 22.5 Å². The molecule has 0 saturated heterocycles. The summed E-state index contributed by atoms with van der Waals surface area (Å²) >= 11 is 12.0. The zero-order valence-corrected chi connectivity index (χ0v) is 20.2. The Kier molecular flexibility index (Phi) is 5.94. The second-order valence-electron chi connectivity index (χ2n) is 8.47. The van der Waals surface area contributed by atoms with E-state index >= 15 is 0 Å². The number of anilines is 2. The van der Waals surface area contributed by atoms with Gasteiger partial charge in [-0.3, -0.25) is 0 Å². The van der Waals surface area contributed by atoms with E-state index in [1.807, 2.05) is 18.2 Å². The van der Waals surface area contributed by atoms with Gasteiger partial charge in [-0.05, 0) is 37.5 Å². The lowest BCUT2D eigenvalue weighted by molar-refractivity contribution is 0.0687. The molecule has 0 atom stereocenters. The highest BCUT2D eigenvalue weighted by atomic mass is 35.5. The van der Waals surface area contributed by atoms with Gasteiger partial charge in [0.15, 0.2) is 11.2 Å². The number of halogens is 2. The summed E-state index contributed by atoms with van der Waals surface area (Å²) in [6, 6.07) is 9.88. The van der Waals surface area contributed by atoms with Crippen molar-refractivity contribution in [1.29, 1.82) is 0 Å². The van der Waals surface area contributed by atoms with Gasteiger partial charge in [0, 0.05) is 22.8 Å². The number of carboxylic acid groups (broad SMARTS) is 2. The van der Waals surface area contributed by atoms with Crippen LogP contribution < -0.4 is 11.5 Å². The van der Waals surface area contributed by atoms with Crippen LogP contribution in [0.25, 0.3) is 32.9 Å². The molecule has 0 amide bonds. The number of rotatable bonds is 2. The molecule has 0 saturated carbocycles. The van der Waals surface area contributed by atoms with Gasteiger partial charge in [0.25, 0.3) is 0 Å². The molecule has 2 aromatic heterocycles. The molecule has 2 heterocycles. The van der Waals surface area contributed by atoms with E-state index in [4.69, 9.17) is 48.6 Å². The number of furan rings is 2. The molecule has 0 aliphatic heterocycles. The SMILES string of the molecule is Nc1c(Cl)cc(C(=O)O)c2oc3c(c12)CCCC3.Nc1c(Cl)cc(C(=O)O)c2oc3ccccc3c12. The van der Waals surface area contributed by atoms with Crippen molar-refractivity contribution in [3.8, 4) is 0 Å². The molecule has 3 aromatic carbocycles. The number of nitrogen functional groups attached to an aromatic ring is 2. The minimum atomic E-state index is -1.10. The summed E-state index contributed by atoms with van der Waals surface area (Å²) in [6.45, 7) is 0. The van der Waals surface area contributed by atoms with Crippen molar-refractivity contribution in [3.63, 3.8) is 0 Å². The summed E-state index contributed by atoms with van der Waals surface area (Å²) in [6.07, 6.45) is 3.82. The van der Waals surface area contributed by atoms with E-state index in [0.717, 1.165) is 42.4 Å². The molecule has 0 bridgehead atoms. The molecule has 1 aliphatic carbocycles. The van der Waals surface area contributed by atoms with Crippen molar-refractivity contribution >= 4 is 79.4 Å². The van der Waals surface area contributed by atoms with Gasteiger partial charge >= 0.3 is 11.9 Å². The zero-order chi connectivity index (χ0) is 25.7. The number of fused-ring (bicyclic) bond motifs is 6. The Morgan fingerprint density at radius 2 is 1.36 bits per heavy atom. The molecular weight excluding hydrogens is 507 g/mol. The van der Waals surface area contributed by atoms with Crippen molar-refractivity contribution in [2.75, 3.05) is 11.5 Å². The van der Waals surface area contributed by atoms with E-state index < -0.39 is 11.9 Å². The van der Waals surface area contributed by atoms with Gasteiger partial charge in [0.05, 0.1) is 26.8 Å². The second kappa shape index (κ2) is 8.96. The normalized spacial score (nSPS) is 12.9. The molecule has 1 aliphatic rings. The third kappa shape index (κ3) is 3.79. The van der Waals surface area contributed by atoms with Crippen LogP contribution in [0.5, 0.6) is 0 Å².